The van der Waals surface area contributed by atoms with Crippen LogP contribution in [0.2, 0.25) is 5.02 Å². The van der Waals surface area contributed by atoms with Crippen LogP contribution in [0.25, 0.3) is 0 Å². The zero-order valence-corrected chi connectivity index (χ0v) is 10.4. The second-order valence-electron chi connectivity index (χ2n) is 4.73. The lowest BCUT2D eigenvalue weighted by Crippen LogP contribution is -2.34. The Morgan fingerprint density at radius 2 is 2.07 bits per heavy atom. The van der Waals surface area contributed by atoms with Gasteiger partial charge in [-0.15, -0.1) is 0 Å². The molecule has 1 atom stereocenters. The molecular weight excluding hydrogens is 206 g/mol. The summed E-state index contributed by atoms with van der Waals surface area (Å²) in [5.74, 6) is 0. The summed E-state index contributed by atoms with van der Waals surface area (Å²) in [7, 11) is 0. The topological polar surface area (TPSA) is 12.0 Å². The molecule has 0 aromatic heterocycles. The zero-order valence-electron chi connectivity index (χ0n) is 9.65. The summed E-state index contributed by atoms with van der Waals surface area (Å²) >= 11 is 6.20. The molecule has 1 unspecified atom stereocenters. The molecule has 0 radical (unpaired) electrons. The number of rotatable bonds is 1. The Bertz CT molecular complexity index is 378. The van der Waals surface area contributed by atoms with Gasteiger partial charge in [-0.05, 0) is 62.9 Å². The van der Waals surface area contributed by atoms with E-state index in [4.69, 9.17) is 11.6 Å². The maximum atomic E-state index is 6.20. The average Bonchev–Trinajstić information content (AvgIpc) is 2.60. The van der Waals surface area contributed by atoms with Gasteiger partial charge >= 0.3 is 0 Å². The van der Waals surface area contributed by atoms with Crippen molar-refractivity contribution < 1.29 is 0 Å². The lowest BCUT2D eigenvalue weighted by Gasteiger charge is -2.29. The summed E-state index contributed by atoms with van der Waals surface area (Å²) in [5.41, 5.74) is 4.09. The lowest BCUT2D eigenvalue weighted by atomic mass is 9.84. The molecule has 1 heterocycles. The number of nitrogens with one attached hydrogen (secondary N) is 1. The van der Waals surface area contributed by atoms with Gasteiger partial charge in [0.2, 0.25) is 0 Å². The Morgan fingerprint density at radius 1 is 1.33 bits per heavy atom. The van der Waals surface area contributed by atoms with Gasteiger partial charge in [0, 0.05) is 10.6 Å². The molecule has 0 amide bonds. The van der Waals surface area contributed by atoms with E-state index in [0.29, 0.717) is 0 Å². The largest absolute Gasteiger partial charge is 0.308 e. The zero-order chi connectivity index (χ0) is 11.1. The van der Waals surface area contributed by atoms with Gasteiger partial charge in [0.15, 0.2) is 0 Å². The molecule has 1 aromatic carbocycles. The third kappa shape index (κ3) is 1.79. The quantitative estimate of drug-likeness (QED) is 0.768. The van der Waals surface area contributed by atoms with Crippen molar-refractivity contribution in [2.45, 2.75) is 39.2 Å². The smallest absolute Gasteiger partial charge is 0.0438 e. The molecule has 1 saturated heterocycles. The van der Waals surface area contributed by atoms with Crippen LogP contribution in [0, 0.1) is 13.8 Å². The summed E-state index contributed by atoms with van der Waals surface area (Å²) in [6, 6.07) is 4.12. The van der Waals surface area contributed by atoms with Gasteiger partial charge in [0.25, 0.3) is 0 Å². The van der Waals surface area contributed by atoms with Gasteiger partial charge in [-0.25, -0.2) is 0 Å². The number of hydrogen-bond acceptors (Lipinski definition) is 1. The molecule has 1 N–H and O–H groups in total. The van der Waals surface area contributed by atoms with Crippen molar-refractivity contribution in [1.82, 2.24) is 5.32 Å². The maximum absolute atomic E-state index is 6.20. The summed E-state index contributed by atoms with van der Waals surface area (Å²) in [5, 5.41) is 4.48. The molecular formula is C13H18ClN. The Balaban J connectivity index is 2.55. The highest BCUT2D eigenvalue weighted by Crippen LogP contribution is 2.36. The minimum Gasteiger partial charge on any atom is -0.308 e. The number of benzene rings is 1. The molecule has 0 aliphatic carbocycles. The Hall–Kier alpha value is -0.530. The highest BCUT2D eigenvalue weighted by molar-refractivity contribution is 6.31. The van der Waals surface area contributed by atoms with Crippen LogP contribution in [-0.2, 0) is 5.54 Å². The molecule has 1 nitrogen and oxygen atoms in total. The van der Waals surface area contributed by atoms with Crippen molar-refractivity contribution >= 4 is 11.6 Å². The highest BCUT2D eigenvalue weighted by Gasteiger charge is 2.32. The summed E-state index contributed by atoms with van der Waals surface area (Å²) in [6.45, 7) is 7.69. The van der Waals surface area contributed by atoms with Crippen molar-refractivity contribution in [3.05, 3.63) is 33.8 Å². The molecule has 15 heavy (non-hydrogen) atoms. The van der Waals surface area contributed by atoms with E-state index in [1.807, 2.05) is 6.07 Å². The van der Waals surface area contributed by atoms with Crippen LogP contribution >= 0.6 is 11.6 Å². The molecule has 0 bridgehead atoms. The SMILES string of the molecule is Cc1ccc(Cl)c(C)c1C1(C)CCCN1. The van der Waals surface area contributed by atoms with Crippen molar-refractivity contribution in [2.24, 2.45) is 0 Å². The fourth-order valence-electron chi connectivity index (χ4n) is 2.78. The first-order chi connectivity index (χ1) is 7.04. The van der Waals surface area contributed by atoms with E-state index in [1.54, 1.807) is 0 Å². The Kier molecular flexibility index (Phi) is 2.78. The first kappa shape index (κ1) is 11.0. The Labute approximate surface area is 96.8 Å². The van der Waals surface area contributed by atoms with E-state index in [1.165, 1.54) is 29.5 Å². The van der Waals surface area contributed by atoms with E-state index in [2.05, 4.69) is 32.2 Å². The van der Waals surface area contributed by atoms with E-state index in [9.17, 15) is 0 Å². The van der Waals surface area contributed by atoms with Crippen LogP contribution in [0.15, 0.2) is 12.1 Å². The fourth-order valence-corrected chi connectivity index (χ4v) is 2.94. The molecule has 0 spiro atoms. The minimum absolute atomic E-state index is 0.124. The monoisotopic (exact) mass is 223 g/mol. The first-order valence-corrected chi connectivity index (χ1v) is 5.93. The fraction of sp³-hybridized carbons (Fsp3) is 0.538. The first-order valence-electron chi connectivity index (χ1n) is 5.56. The van der Waals surface area contributed by atoms with Crippen molar-refractivity contribution in [2.75, 3.05) is 6.54 Å². The summed E-state index contributed by atoms with van der Waals surface area (Å²) in [4.78, 5) is 0. The molecule has 2 heteroatoms. The van der Waals surface area contributed by atoms with Gasteiger partial charge in [0.1, 0.15) is 0 Å². The highest BCUT2D eigenvalue weighted by atomic mass is 35.5. The van der Waals surface area contributed by atoms with Crippen LogP contribution in [0.4, 0.5) is 0 Å². The summed E-state index contributed by atoms with van der Waals surface area (Å²) in [6.07, 6.45) is 2.46. The van der Waals surface area contributed by atoms with Gasteiger partial charge in [0.05, 0.1) is 0 Å². The normalized spacial score (nSPS) is 25.9. The van der Waals surface area contributed by atoms with E-state index >= 15 is 0 Å². The Morgan fingerprint density at radius 3 is 2.67 bits per heavy atom. The second kappa shape index (κ2) is 3.80. The van der Waals surface area contributed by atoms with E-state index in [0.717, 1.165) is 11.6 Å². The van der Waals surface area contributed by atoms with Crippen LogP contribution in [0.1, 0.15) is 36.5 Å². The number of hydrogen-bond donors (Lipinski definition) is 1. The molecule has 82 valence electrons. The third-order valence-corrected chi connectivity index (χ3v) is 3.94. The van der Waals surface area contributed by atoms with Gasteiger partial charge in [-0.2, -0.15) is 0 Å². The van der Waals surface area contributed by atoms with Crippen LogP contribution in [0.3, 0.4) is 0 Å². The molecule has 1 aliphatic rings. The average molecular weight is 224 g/mol. The predicted molar refractivity (Wildman–Crippen MR) is 65.5 cm³/mol. The van der Waals surface area contributed by atoms with Crippen LogP contribution in [-0.4, -0.2) is 6.54 Å². The standard InChI is InChI=1S/C13H18ClN/c1-9-5-6-11(14)10(2)12(9)13(3)7-4-8-15-13/h5-6,15H,4,7-8H2,1-3H3. The van der Waals surface area contributed by atoms with E-state index < -0.39 is 0 Å². The van der Waals surface area contributed by atoms with Crippen LogP contribution in [0.5, 0.6) is 0 Å². The molecule has 1 fully saturated rings. The summed E-state index contributed by atoms with van der Waals surface area (Å²) < 4.78 is 0. The number of halogens is 1. The van der Waals surface area contributed by atoms with Gasteiger partial charge in [-0.3, -0.25) is 0 Å². The molecule has 1 aromatic rings. The minimum atomic E-state index is 0.124. The second-order valence-corrected chi connectivity index (χ2v) is 5.13. The van der Waals surface area contributed by atoms with Crippen LogP contribution < -0.4 is 5.32 Å². The molecule has 0 saturated carbocycles. The lowest BCUT2D eigenvalue weighted by molar-refractivity contribution is 0.430. The van der Waals surface area contributed by atoms with Crippen molar-refractivity contribution in [1.29, 1.82) is 0 Å². The van der Waals surface area contributed by atoms with E-state index in [-0.39, 0.29) is 5.54 Å². The van der Waals surface area contributed by atoms with Gasteiger partial charge in [-0.1, -0.05) is 17.7 Å². The predicted octanol–water partition coefficient (Wildman–Crippen LogP) is 3.56. The number of aryl methyl sites for hydroxylation is 1. The van der Waals surface area contributed by atoms with Gasteiger partial charge < -0.3 is 5.32 Å². The molecule has 1 aliphatic heterocycles. The van der Waals surface area contributed by atoms with Crippen molar-refractivity contribution in [3.8, 4) is 0 Å². The van der Waals surface area contributed by atoms with Crippen molar-refractivity contribution in [3.63, 3.8) is 0 Å². The third-order valence-electron chi connectivity index (χ3n) is 3.53. The maximum Gasteiger partial charge on any atom is 0.0438 e. The molecule has 2 rings (SSSR count).